The number of β-amino-alcohol motifs (C(OH)–C–C–N with tert-alkyl or cyclic N) is 1. The Morgan fingerprint density at radius 1 is 1.37 bits per heavy atom. The van der Waals surface area contributed by atoms with E-state index in [1.165, 1.54) is 4.90 Å². The summed E-state index contributed by atoms with van der Waals surface area (Å²) in [4.78, 5) is 13.3. The molecule has 0 saturated carbocycles. The second-order valence-electron chi connectivity index (χ2n) is 4.55. The Kier molecular flexibility index (Phi) is 5.13. The molecule has 1 aliphatic heterocycles. The predicted molar refractivity (Wildman–Crippen MR) is 78.6 cm³/mol. The van der Waals surface area contributed by atoms with E-state index in [1.54, 1.807) is 11.8 Å². The first-order valence-electron chi connectivity index (χ1n) is 6.14. The van der Waals surface area contributed by atoms with Crippen LogP contribution in [0.15, 0.2) is 33.6 Å². The summed E-state index contributed by atoms with van der Waals surface area (Å²) in [7, 11) is 0. The number of hydrogen-bond acceptors (Lipinski definition) is 3. The monoisotopic (exact) mass is 345 g/mol. The number of rotatable bonds is 2. The Bertz CT molecular complexity index is 440. The summed E-state index contributed by atoms with van der Waals surface area (Å²) in [5.41, 5.74) is 0. The number of benzene rings is 1. The lowest BCUT2D eigenvalue weighted by molar-refractivity contribution is 0.106. The van der Waals surface area contributed by atoms with Gasteiger partial charge >= 0.3 is 6.09 Å². The molecule has 19 heavy (non-hydrogen) atoms. The molecule has 1 fully saturated rings. The molecule has 1 aliphatic rings. The van der Waals surface area contributed by atoms with Gasteiger partial charge in [-0.05, 0) is 37.1 Å². The van der Waals surface area contributed by atoms with Crippen LogP contribution in [-0.2, 0) is 0 Å². The third-order valence-corrected chi connectivity index (χ3v) is 5.05. The summed E-state index contributed by atoms with van der Waals surface area (Å²) in [6.07, 6.45) is 0.0454. The number of hydrogen-bond donors (Lipinski definition) is 2. The number of carbonyl (C=O) groups is 1. The summed E-state index contributed by atoms with van der Waals surface area (Å²) in [6.45, 7) is 0.702. The molecule has 0 bridgehead atoms. The highest BCUT2D eigenvalue weighted by Gasteiger charge is 2.28. The summed E-state index contributed by atoms with van der Waals surface area (Å²) in [5.74, 6) is 0. The molecule has 0 radical (unpaired) electrons. The van der Waals surface area contributed by atoms with E-state index >= 15 is 0 Å². The molecule has 104 valence electrons. The first-order valence-corrected chi connectivity index (χ1v) is 7.81. The third kappa shape index (κ3) is 4.12. The van der Waals surface area contributed by atoms with Crippen LogP contribution in [-0.4, -0.2) is 45.6 Å². The standard InChI is InChI=1S/C13H16BrNO3S/c14-9-3-5-10(6-4-9)19-12-2-1-7-15(13(17)18)8-11(12)16/h3-6,11-12,16H,1-2,7-8H2,(H,17,18). The number of amides is 1. The first kappa shape index (κ1) is 14.7. The molecule has 2 unspecified atom stereocenters. The zero-order valence-electron chi connectivity index (χ0n) is 10.3. The molecule has 1 heterocycles. The molecule has 0 aliphatic carbocycles. The van der Waals surface area contributed by atoms with Gasteiger partial charge in [-0.2, -0.15) is 0 Å². The Balaban J connectivity index is 2.00. The van der Waals surface area contributed by atoms with Gasteiger partial charge < -0.3 is 15.1 Å². The minimum Gasteiger partial charge on any atom is -0.465 e. The van der Waals surface area contributed by atoms with Gasteiger partial charge in [-0.15, -0.1) is 11.8 Å². The molecule has 2 rings (SSSR count). The Morgan fingerprint density at radius 2 is 2.05 bits per heavy atom. The van der Waals surface area contributed by atoms with E-state index in [4.69, 9.17) is 5.11 Å². The smallest absolute Gasteiger partial charge is 0.407 e. The van der Waals surface area contributed by atoms with Crippen molar-refractivity contribution in [2.45, 2.75) is 29.1 Å². The number of thioether (sulfide) groups is 1. The van der Waals surface area contributed by atoms with Crippen molar-refractivity contribution in [3.63, 3.8) is 0 Å². The highest BCUT2D eigenvalue weighted by molar-refractivity contribution is 9.10. The van der Waals surface area contributed by atoms with E-state index < -0.39 is 12.2 Å². The van der Waals surface area contributed by atoms with Crippen molar-refractivity contribution >= 4 is 33.8 Å². The van der Waals surface area contributed by atoms with Crippen LogP contribution in [0.5, 0.6) is 0 Å². The highest BCUT2D eigenvalue weighted by atomic mass is 79.9. The van der Waals surface area contributed by atoms with Crippen LogP contribution < -0.4 is 0 Å². The van der Waals surface area contributed by atoms with Crippen LogP contribution in [0.4, 0.5) is 4.79 Å². The van der Waals surface area contributed by atoms with Gasteiger partial charge in [0.05, 0.1) is 12.6 Å². The van der Waals surface area contributed by atoms with Crippen LogP contribution >= 0.6 is 27.7 Å². The number of aliphatic hydroxyl groups excluding tert-OH is 1. The topological polar surface area (TPSA) is 60.8 Å². The molecule has 1 aromatic rings. The molecule has 4 nitrogen and oxygen atoms in total. The normalized spacial score (nSPS) is 24.0. The van der Waals surface area contributed by atoms with Crippen LogP contribution in [0.2, 0.25) is 0 Å². The van der Waals surface area contributed by atoms with Crippen molar-refractivity contribution in [3.05, 3.63) is 28.7 Å². The van der Waals surface area contributed by atoms with Gasteiger partial charge in [0, 0.05) is 21.2 Å². The van der Waals surface area contributed by atoms with E-state index in [-0.39, 0.29) is 11.8 Å². The molecular weight excluding hydrogens is 330 g/mol. The minimum atomic E-state index is -0.951. The quantitative estimate of drug-likeness (QED) is 0.864. The zero-order chi connectivity index (χ0) is 13.8. The van der Waals surface area contributed by atoms with Crippen molar-refractivity contribution in [1.29, 1.82) is 0 Å². The van der Waals surface area contributed by atoms with Crippen molar-refractivity contribution in [3.8, 4) is 0 Å². The Hall–Kier alpha value is -0.720. The fraction of sp³-hybridized carbons (Fsp3) is 0.462. The summed E-state index contributed by atoms with van der Waals surface area (Å²) < 4.78 is 1.02. The van der Waals surface area contributed by atoms with Gasteiger partial charge in [0.1, 0.15) is 0 Å². The highest BCUT2D eigenvalue weighted by Crippen LogP contribution is 2.31. The molecule has 2 N–H and O–H groups in total. The molecule has 0 spiro atoms. The Morgan fingerprint density at radius 3 is 2.68 bits per heavy atom. The second kappa shape index (κ2) is 6.63. The zero-order valence-corrected chi connectivity index (χ0v) is 12.7. The molecule has 1 saturated heterocycles. The van der Waals surface area contributed by atoms with Gasteiger partial charge in [0.25, 0.3) is 0 Å². The van der Waals surface area contributed by atoms with Crippen LogP contribution in [0, 0.1) is 0 Å². The van der Waals surface area contributed by atoms with E-state index in [9.17, 15) is 9.90 Å². The average molecular weight is 346 g/mol. The number of carboxylic acid groups (broad SMARTS) is 1. The molecule has 6 heteroatoms. The fourth-order valence-corrected chi connectivity index (χ4v) is 3.54. The second-order valence-corrected chi connectivity index (χ2v) is 6.78. The Labute approximate surface area is 124 Å². The third-order valence-electron chi connectivity index (χ3n) is 3.12. The van der Waals surface area contributed by atoms with Crippen molar-refractivity contribution in [2.24, 2.45) is 0 Å². The molecule has 1 aromatic carbocycles. The maximum Gasteiger partial charge on any atom is 0.407 e. The molecular formula is C13H16BrNO3S. The lowest BCUT2D eigenvalue weighted by atomic mass is 10.2. The summed E-state index contributed by atoms with van der Waals surface area (Å²) in [5, 5.41) is 19.2. The maximum absolute atomic E-state index is 11.0. The van der Waals surface area contributed by atoms with Crippen LogP contribution in [0.25, 0.3) is 0 Å². The molecule has 0 aromatic heterocycles. The lowest BCUT2D eigenvalue weighted by Crippen LogP contribution is -2.38. The predicted octanol–water partition coefficient (Wildman–Crippen LogP) is 3.04. The number of nitrogens with zero attached hydrogens (tertiary/aromatic N) is 1. The van der Waals surface area contributed by atoms with E-state index in [0.717, 1.165) is 22.2 Å². The average Bonchev–Trinajstić information content (AvgIpc) is 2.55. The minimum absolute atomic E-state index is 0.0468. The SMILES string of the molecule is O=C(O)N1CCCC(Sc2ccc(Br)cc2)C(O)C1. The number of aliphatic hydroxyl groups is 1. The van der Waals surface area contributed by atoms with Gasteiger partial charge in [0.15, 0.2) is 0 Å². The van der Waals surface area contributed by atoms with Crippen LogP contribution in [0.3, 0.4) is 0 Å². The van der Waals surface area contributed by atoms with Crippen molar-refractivity contribution in [1.82, 2.24) is 4.90 Å². The lowest BCUT2D eigenvalue weighted by Gasteiger charge is -2.22. The summed E-state index contributed by atoms with van der Waals surface area (Å²) >= 11 is 5.01. The van der Waals surface area contributed by atoms with Gasteiger partial charge in [-0.1, -0.05) is 15.9 Å². The number of likely N-dealkylation sites (tertiary alicyclic amines) is 1. The van der Waals surface area contributed by atoms with Crippen molar-refractivity contribution < 1.29 is 15.0 Å². The summed E-state index contributed by atoms with van der Waals surface area (Å²) in [6, 6.07) is 7.94. The van der Waals surface area contributed by atoms with Gasteiger partial charge in [-0.25, -0.2) is 4.79 Å². The largest absolute Gasteiger partial charge is 0.465 e. The molecule has 1 amide bonds. The van der Waals surface area contributed by atoms with E-state index in [1.807, 2.05) is 24.3 Å². The van der Waals surface area contributed by atoms with E-state index in [2.05, 4.69) is 15.9 Å². The fourth-order valence-electron chi connectivity index (χ4n) is 2.11. The number of halogens is 1. The van der Waals surface area contributed by atoms with Gasteiger partial charge in [-0.3, -0.25) is 0 Å². The van der Waals surface area contributed by atoms with E-state index in [0.29, 0.717) is 6.54 Å². The maximum atomic E-state index is 11.0. The van der Waals surface area contributed by atoms with Gasteiger partial charge in [0.2, 0.25) is 0 Å². The van der Waals surface area contributed by atoms with Crippen LogP contribution in [0.1, 0.15) is 12.8 Å². The van der Waals surface area contributed by atoms with Crippen molar-refractivity contribution in [2.75, 3.05) is 13.1 Å². The first-order chi connectivity index (χ1) is 9.06. The molecule has 2 atom stereocenters.